The van der Waals surface area contributed by atoms with Crippen molar-refractivity contribution in [1.82, 2.24) is 4.72 Å². The molecule has 0 saturated heterocycles. The van der Waals surface area contributed by atoms with Crippen LogP contribution in [0.15, 0.2) is 29.2 Å². The molecule has 0 amide bonds. The summed E-state index contributed by atoms with van der Waals surface area (Å²) in [5.74, 6) is 0. The van der Waals surface area contributed by atoms with Gasteiger partial charge in [0.25, 0.3) is 0 Å². The lowest BCUT2D eigenvalue weighted by Gasteiger charge is -2.27. The lowest BCUT2D eigenvalue weighted by Crippen LogP contribution is -2.36. The molecular weight excluding hydrogens is 238 g/mol. The second-order valence-electron chi connectivity index (χ2n) is 3.87. The highest BCUT2D eigenvalue weighted by molar-refractivity contribution is 7.89. The molecule has 1 atom stereocenters. The van der Waals surface area contributed by atoms with Crippen LogP contribution in [0.3, 0.4) is 0 Å². The predicted molar refractivity (Wildman–Crippen MR) is 69.6 cm³/mol. The number of para-hydroxylation sites is 1. The highest BCUT2D eigenvalue weighted by Crippen LogP contribution is 2.24. The van der Waals surface area contributed by atoms with Gasteiger partial charge in [0.05, 0.1) is 5.69 Å². The first-order valence-corrected chi connectivity index (χ1v) is 6.87. The van der Waals surface area contributed by atoms with Crippen LogP contribution in [0.1, 0.15) is 6.92 Å². The van der Waals surface area contributed by atoms with E-state index in [2.05, 4.69) is 4.72 Å². The van der Waals surface area contributed by atoms with Crippen LogP contribution in [0.25, 0.3) is 0 Å². The molecule has 0 saturated carbocycles. The Balaban J connectivity index is 3.26. The van der Waals surface area contributed by atoms with Crippen molar-refractivity contribution >= 4 is 15.7 Å². The predicted octanol–water partition coefficient (Wildman–Crippen LogP) is 0.378. The van der Waals surface area contributed by atoms with E-state index in [1.54, 1.807) is 18.2 Å². The van der Waals surface area contributed by atoms with Crippen LogP contribution in [-0.4, -0.2) is 35.1 Å². The van der Waals surface area contributed by atoms with Crippen LogP contribution in [0.4, 0.5) is 5.69 Å². The number of nitrogens with one attached hydrogen (secondary N) is 1. The Morgan fingerprint density at radius 2 is 2.00 bits per heavy atom. The average Bonchev–Trinajstić information content (AvgIpc) is 2.36. The molecule has 1 unspecified atom stereocenters. The molecule has 17 heavy (non-hydrogen) atoms. The van der Waals surface area contributed by atoms with Gasteiger partial charge in [-0.25, -0.2) is 13.1 Å². The third kappa shape index (κ3) is 2.96. The monoisotopic (exact) mass is 257 g/mol. The number of anilines is 1. The fourth-order valence-corrected chi connectivity index (χ4v) is 2.45. The van der Waals surface area contributed by atoms with E-state index >= 15 is 0 Å². The minimum Gasteiger partial charge on any atom is -0.370 e. The second-order valence-corrected chi connectivity index (χ2v) is 5.73. The first-order valence-electron chi connectivity index (χ1n) is 5.39. The third-order valence-corrected chi connectivity index (χ3v) is 4.27. The summed E-state index contributed by atoms with van der Waals surface area (Å²) in [6.45, 7) is 2.41. The Morgan fingerprint density at radius 1 is 1.41 bits per heavy atom. The van der Waals surface area contributed by atoms with Crippen LogP contribution in [0, 0.1) is 0 Å². The van der Waals surface area contributed by atoms with Gasteiger partial charge in [-0.2, -0.15) is 0 Å². The summed E-state index contributed by atoms with van der Waals surface area (Å²) in [4.78, 5) is 2.13. The zero-order valence-corrected chi connectivity index (χ0v) is 11.2. The van der Waals surface area contributed by atoms with Gasteiger partial charge in [0, 0.05) is 19.6 Å². The van der Waals surface area contributed by atoms with E-state index in [0.717, 1.165) is 0 Å². The molecule has 0 heterocycles. The van der Waals surface area contributed by atoms with Crippen LogP contribution >= 0.6 is 0 Å². The topological polar surface area (TPSA) is 75.4 Å². The molecule has 0 aliphatic carbocycles. The van der Waals surface area contributed by atoms with Gasteiger partial charge in [-0.15, -0.1) is 0 Å². The zero-order valence-electron chi connectivity index (χ0n) is 10.3. The summed E-state index contributed by atoms with van der Waals surface area (Å²) in [5.41, 5.74) is 6.25. The SMILES string of the molecule is CNS(=O)(=O)c1ccccc1N(C)C(C)CN. The van der Waals surface area contributed by atoms with Crippen LogP contribution in [-0.2, 0) is 10.0 Å². The number of sulfonamides is 1. The molecule has 0 aliphatic rings. The average molecular weight is 257 g/mol. The molecule has 0 radical (unpaired) electrons. The zero-order chi connectivity index (χ0) is 13.1. The summed E-state index contributed by atoms with van der Waals surface area (Å²) >= 11 is 0. The fourth-order valence-electron chi connectivity index (χ4n) is 1.48. The van der Waals surface area contributed by atoms with E-state index < -0.39 is 10.0 Å². The van der Waals surface area contributed by atoms with Crippen molar-refractivity contribution in [3.05, 3.63) is 24.3 Å². The number of benzene rings is 1. The van der Waals surface area contributed by atoms with Crippen LogP contribution in [0.5, 0.6) is 0 Å². The fraction of sp³-hybridized carbons (Fsp3) is 0.455. The Morgan fingerprint density at radius 3 is 2.53 bits per heavy atom. The summed E-state index contributed by atoms with van der Waals surface area (Å²) in [7, 11) is -0.212. The van der Waals surface area contributed by atoms with Gasteiger partial charge in [0.2, 0.25) is 10.0 Å². The van der Waals surface area contributed by atoms with Gasteiger partial charge in [-0.3, -0.25) is 0 Å². The lowest BCUT2D eigenvalue weighted by molar-refractivity contribution is 0.587. The Labute approximate surface area is 103 Å². The Kier molecular flexibility index (Phi) is 4.50. The van der Waals surface area contributed by atoms with Gasteiger partial charge >= 0.3 is 0 Å². The molecular formula is C11H19N3O2S. The number of rotatable bonds is 5. The molecule has 1 rings (SSSR count). The smallest absolute Gasteiger partial charge is 0.242 e. The highest BCUT2D eigenvalue weighted by atomic mass is 32.2. The Hall–Kier alpha value is -1.11. The molecule has 6 heteroatoms. The molecule has 3 N–H and O–H groups in total. The lowest BCUT2D eigenvalue weighted by atomic mass is 10.2. The standard InChI is InChI=1S/C11H19N3O2S/c1-9(8-12)14(3)10-6-4-5-7-11(10)17(15,16)13-2/h4-7,9,13H,8,12H2,1-3H3. The summed E-state index contributed by atoms with van der Waals surface area (Å²) in [6, 6.07) is 6.94. The van der Waals surface area contributed by atoms with Gasteiger partial charge in [-0.05, 0) is 26.1 Å². The van der Waals surface area contributed by atoms with E-state index in [4.69, 9.17) is 5.73 Å². The van der Waals surface area contributed by atoms with E-state index in [-0.39, 0.29) is 10.9 Å². The summed E-state index contributed by atoms with van der Waals surface area (Å²) in [5, 5.41) is 0. The first kappa shape index (κ1) is 14.0. The van der Waals surface area contributed by atoms with Crippen molar-refractivity contribution in [1.29, 1.82) is 0 Å². The van der Waals surface area contributed by atoms with Gasteiger partial charge < -0.3 is 10.6 Å². The van der Waals surface area contributed by atoms with Crippen molar-refractivity contribution in [2.45, 2.75) is 17.9 Å². The maximum absolute atomic E-state index is 11.9. The minimum atomic E-state index is -3.45. The number of likely N-dealkylation sites (N-methyl/N-ethyl adjacent to an activating group) is 1. The molecule has 5 nitrogen and oxygen atoms in total. The molecule has 0 aromatic heterocycles. The largest absolute Gasteiger partial charge is 0.370 e. The molecule has 1 aromatic rings. The normalized spacial score (nSPS) is 13.4. The van der Waals surface area contributed by atoms with Crippen LogP contribution < -0.4 is 15.4 Å². The number of nitrogens with two attached hydrogens (primary N) is 1. The molecule has 0 fully saturated rings. The van der Waals surface area contributed by atoms with Crippen molar-refractivity contribution in [2.75, 3.05) is 25.5 Å². The summed E-state index contributed by atoms with van der Waals surface area (Å²) in [6.07, 6.45) is 0. The maximum Gasteiger partial charge on any atom is 0.242 e. The van der Waals surface area contributed by atoms with E-state index in [1.807, 2.05) is 24.9 Å². The van der Waals surface area contributed by atoms with Gasteiger partial charge in [0.15, 0.2) is 0 Å². The van der Waals surface area contributed by atoms with Crippen molar-refractivity contribution < 1.29 is 8.42 Å². The molecule has 96 valence electrons. The van der Waals surface area contributed by atoms with Crippen molar-refractivity contribution in [3.63, 3.8) is 0 Å². The van der Waals surface area contributed by atoms with E-state index in [9.17, 15) is 8.42 Å². The molecule has 0 aliphatic heterocycles. The van der Waals surface area contributed by atoms with Crippen molar-refractivity contribution in [3.8, 4) is 0 Å². The number of hydrogen-bond acceptors (Lipinski definition) is 4. The van der Waals surface area contributed by atoms with Gasteiger partial charge in [-0.1, -0.05) is 12.1 Å². The number of hydrogen-bond donors (Lipinski definition) is 2. The summed E-state index contributed by atoms with van der Waals surface area (Å²) < 4.78 is 26.1. The van der Waals surface area contributed by atoms with E-state index in [1.165, 1.54) is 7.05 Å². The minimum absolute atomic E-state index is 0.0724. The third-order valence-electron chi connectivity index (χ3n) is 2.81. The van der Waals surface area contributed by atoms with Gasteiger partial charge in [0.1, 0.15) is 4.90 Å². The highest BCUT2D eigenvalue weighted by Gasteiger charge is 2.20. The first-order chi connectivity index (χ1) is 7.94. The second kappa shape index (κ2) is 5.48. The number of nitrogens with zero attached hydrogens (tertiary/aromatic N) is 1. The van der Waals surface area contributed by atoms with Crippen LogP contribution in [0.2, 0.25) is 0 Å². The van der Waals surface area contributed by atoms with Crippen molar-refractivity contribution in [2.24, 2.45) is 5.73 Å². The molecule has 0 bridgehead atoms. The Bertz CT molecular complexity index is 473. The van der Waals surface area contributed by atoms with E-state index in [0.29, 0.717) is 12.2 Å². The quantitative estimate of drug-likeness (QED) is 0.799. The molecule has 0 spiro atoms. The molecule has 1 aromatic carbocycles. The maximum atomic E-state index is 11.9.